The quantitative estimate of drug-likeness (QED) is 0.211. The molecule has 0 nitrogen and oxygen atoms in total. The van der Waals surface area contributed by atoms with E-state index in [1.807, 2.05) is 21.6 Å². The summed E-state index contributed by atoms with van der Waals surface area (Å²) in [7, 11) is 4.06. The molecule has 3 aliphatic rings. The monoisotopic (exact) mass is 450 g/mol. The molecule has 3 heteroatoms. The molecular weight excluding hydrogens is 424 g/mol. The van der Waals surface area contributed by atoms with Crippen molar-refractivity contribution < 1.29 is 0 Å². The van der Waals surface area contributed by atoms with Crippen LogP contribution in [0.25, 0.3) is 0 Å². The molecule has 0 spiro atoms. The van der Waals surface area contributed by atoms with Crippen LogP contribution in [0.2, 0.25) is 0 Å². The van der Waals surface area contributed by atoms with Crippen LogP contribution in [0, 0.1) is 11.8 Å². The van der Waals surface area contributed by atoms with Crippen molar-refractivity contribution in [3.05, 3.63) is 108 Å². The number of fused-ring (bicyclic) bond motifs is 3. The van der Waals surface area contributed by atoms with Crippen LogP contribution in [-0.4, -0.2) is 10.6 Å². The third kappa shape index (κ3) is 3.72. The Morgan fingerprint density at radius 3 is 1.40 bits per heavy atom. The fraction of sp³-hybridized carbons (Fsp3) is 0.333. The number of alkyl halides is 1. The van der Waals surface area contributed by atoms with Crippen LogP contribution in [-0.2, 0) is 4.75 Å². The molecule has 0 heterocycles. The zero-order valence-electron chi connectivity index (χ0n) is 17.0. The van der Waals surface area contributed by atoms with E-state index in [1.54, 1.807) is 0 Å². The first-order chi connectivity index (χ1) is 14.8. The summed E-state index contributed by atoms with van der Waals surface area (Å²) in [5, 5.41) is 0.828. The van der Waals surface area contributed by atoms with Gasteiger partial charge in [0.2, 0.25) is 0 Å². The molecule has 3 saturated carbocycles. The SMILES string of the molecule is Cl[C@@H]1C2CCC(CC2)[C@H]1SSC(c1ccccc1)(c1ccccc1)c1ccccc1. The molecule has 3 aliphatic carbocycles. The van der Waals surface area contributed by atoms with E-state index in [-0.39, 0.29) is 4.75 Å². The van der Waals surface area contributed by atoms with Gasteiger partial charge in [0.15, 0.2) is 0 Å². The van der Waals surface area contributed by atoms with Crippen molar-refractivity contribution in [1.82, 2.24) is 0 Å². The molecule has 0 unspecified atom stereocenters. The van der Waals surface area contributed by atoms with Gasteiger partial charge < -0.3 is 0 Å². The Morgan fingerprint density at radius 1 is 0.600 bits per heavy atom. The highest BCUT2D eigenvalue weighted by Crippen LogP contribution is 2.59. The van der Waals surface area contributed by atoms with Crippen molar-refractivity contribution in [2.45, 2.75) is 41.1 Å². The van der Waals surface area contributed by atoms with Crippen LogP contribution in [0.3, 0.4) is 0 Å². The van der Waals surface area contributed by atoms with Gasteiger partial charge in [0, 0.05) is 10.6 Å². The molecular formula is C27H27ClS2. The van der Waals surface area contributed by atoms with E-state index >= 15 is 0 Å². The summed E-state index contributed by atoms with van der Waals surface area (Å²) in [6.45, 7) is 0. The minimum atomic E-state index is -0.262. The summed E-state index contributed by atoms with van der Waals surface area (Å²) in [5.41, 5.74) is 3.98. The summed E-state index contributed by atoms with van der Waals surface area (Å²) in [5.74, 6) is 1.46. The predicted octanol–water partition coefficient (Wildman–Crippen LogP) is 8.16. The van der Waals surface area contributed by atoms with Gasteiger partial charge in [0.25, 0.3) is 0 Å². The van der Waals surface area contributed by atoms with Gasteiger partial charge in [-0.1, -0.05) is 113 Å². The lowest BCUT2D eigenvalue weighted by molar-refractivity contribution is 0.190. The number of halogens is 1. The lowest BCUT2D eigenvalue weighted by Crippen LogP contribution is -2.43. The molecule has 2 bridgehead atoms. The van der Waals surface area contributed by atoms with E-state index in [9.17, 15) is 0 Å². The number of rotatable bonds is 6. The molecule has 3 fully saturated rings. The van der Waals surface area contributed by atoms with Gasteiger partial charge in [-0.15, -0.1) is 11.6 Å². The summed E-state index contributed by atoms with van der Waals surface area (Å²) >= 11 is 7.01. The molecule has 0 aliphatic heterocycles. The first-order valence-electron chi connectivity index (χ1n) is 10.9. The van der Waals surface area contributed by atoms with E-state index < -0.39 is 0 Å². The van der Waals surface area contributed by atoms with Crippen molar-refractivity contribution in [2.75, 3.05) is 0 Å². The van der Waals surface area contributed by atoms with Crippen molar-refractivity contribution in [2.24, 2.45) is 11.8 Å². The van der Waals surface area contributed by atoms with Gasteiger partial charge >= 0.3 is 0 Å². The van der Waals surface area contributed by atoms with E-state index in [0.717, 1.165) is 5.92 Å². The van der Waals surface area contributed by atoms with E-state index in [0.29, 0.717) is 16.5 Å². The molecule has 154 valence electrons. The second kappa shape index (κ2) is 9.02. The average Bonchev–Trinajstić information content (AvgIpc) is 2.83. The maximum atomic E-state index is 7.01. The maximum Gasteiger partial charge on any atom is 0.101 e. The fourth-order valence-electron chi connectivity index (χ4n) is 5.24. The Balaban J connectivity index is 1.59. The van der Waals surface area contributed by atoms with Gasteiger partial charge in [0.05, 0.1) is 0 Å². The van der Waals surface area contributed by atoms with Crippen molar-refractivity contribution in [3.8, 4) is 0 Å². The van der Waals surface area contributed by atoms with E-state index in [2.05, 4.69) is 91.0 Å². The van der Waals surface area contributed by atoms with Crippen LogP contribution in [0.5, 0.6) is 0 Å². The number of hydrogen-bond acceptors (Lipinski definition) is 2. The van der Waals surface area contributed by atoms with Crippen LogP contribution in [0.1, 0.15) is 42.4 Å². The number of benzene rings is 3. The Labute approximate surface area is 193 Å². The largest absolute Gasteiger partial charge is 0.121 e. The smallest absolute Gasteiger partial charge is 0.101 e. The molecule has 6 rings (SSSR count). The van der Waals surface area contributed by atoms with Gasteiger partial charge in [0.1, 0.15) is 4.75 Å². The molecule has 0 saturated heterocycles. The third-order valence-electron chi connectivity index (χ3n) is 6.87. The summed E-state index contributed by atoms with van der Waals surface area (Å²) < 4.78 is -0.262. The summed E-state index contributed by atoms with van der Waals surface area (Å²) in [6.07, 6.45) is 5.34. The standard InChI is InChI=1S/C27H27ClS2/c28-25-20-16-18-21(19-17-20)26(25)29-30-27(22-10-4-1-5-11-22,23-12-6-2-7-13-23)24-14-8-3-9-15-24/h1-15,20-21,25-26H,16-19H2/t20?,21?,25-,26-/m1/s1. The molecule has 2 atom stereocenters. The molecule has 3 aromatic rings. The lowest BCUT2D eigenvalue weighted by atomic mass is 9.70. The van der Waals surface area contributed by atoms with Crippen molar-refractivity contribution in [1.29, 1.82) is 0 Å². The molecule has 30 heavy (non-hydrogen) atoms. The predicted molar refractivity (Wildman–Crippen MR) is 133 cm³/mol. The van der Waals surface area contributed by atoms with Crippen LogP contribution >= 0.6 is 33.2 Å². The van der Waals surface area contributed by atoms with E-state index in [1.165, 1.54) is 42.4 Å². The topological polar surface area (TPSA) is 0 Å². The lowest BCUT2D eigenvalue weighted by Gasteiger charge is -2.46. The third-order valence-corrected chi connectivity index (χ3v) is 11.3. The number of hydrogen-bond donors (Lipinski definition) is 0. The van der Waals surface area contributed by atoms with Crippen LogP contribution in [0.4, 0.5) is 0 Å². The highest BCUT2D eigenvalue weighted by Gasteiger charge is 2.45. The minimum absolute atomic E-state index is 0.262. The minimum Gasteiger partial charge on any atom is -0.121 e. The van der Waals surface area contributed by atoms with Crippen LogP contribution in [0.15, 0.2) is 91.0 Å². The van der Waals surface area contributed by atoms with E-state index in [4.69, 9.17) is 11.6 Å². The van der Waals surface area contributed by atoms with Crippen molar-refractivity contribution >= 4 is 33.2 Å². The normalized spacial score (nSPS) is 25.9. The molecule has 0 amide bonds. The first-order valence-corrected chi connectivity index (χ1v) is 13.6. The van der Waals surface area contributed by atoms with Crippen molar-refractivity contribution in [3.63, 3.8) is 0 Å². The van der Waals surface area contributed by atoms with Gasteiger partial charge in [-0.2, -0.15) is 0 Å². The first kappa shape index (κ1) is 20.5. The highest BCUT2D eigenvalue weighted by molar-refractivity contribution is 8.77. The Bertz CT molecular complexity index is 838. The average molecular weight is 451 g/mol. The second-order valence-corrected chi connectivity index (χ2v) is 11.6. The molecule has 0 radical (unpaired) electrons. The van der Waals surface area contributed by atoms with Crippen LogP contribution < -0.4 is 0 Å². The van der Waals surface area contributed by atoms with Gasteiger partial charge in [-0.05, 0) is 54.2 Å². The summed E-state index contributed by atoms with van der Waals surface area (Å²) in [6, 6.07) is 32.9. The highest BCUT2D eigenvalue weighted by atomic mass is 35.5. The zero-order chi connectivity index (χ0) is 20.4. The Morgan fingerprint density at radius 2 is 1.00 bits per heavy atom. The fourth-order valence-corrected chi connectivity index (χ4v) is 10.2. The summed E-state index contributed by atoms with van der Waals surface area (Å²) in [4.78, 5) is 0. The van der Waals surface area contributed by atoms with Gasteiger partial charge in [-0.25, -0.2) is 0 Å². The molecule has 0 aromatic heterocycles. The molecule has 0 N–H and O–H groups in total. The molecule has 3 aromatic carbocycles. The zero-order valence-corrected chi connectivity index (χ0v) is 19.4. The maximum absolute atomic E-state index is 7.01. The Hall–Kier alpha value is -1.35. The van der Waals surface area contributed by atoms with Gasteiger partial charge in [-0.3, -0.25) is 0 Å². The Kier molecular flexibility index (Phi) is 6.18. The second-order valence-electron chi connectivity index (χ2n) is 8.54.